The van der Waals surface area contributed by atoms with Gasteiger partial charge in [0.25, 0.3) is 5.91 Å². The molecule has 0 aliphatic carbocycles. The Balaban J connectivity index is 1.49. The number of aromatic hydroxyl groups is 1. The van der Waals surface area contributed by atoms with Crippen molar-refractivity contribution in [2.45, 2.75) is 64.3 Å². The number of oxazole rings is 1. The van der Waals surface area contributed by atoms with Gasteiger partial charge in [0.15, 0.2) is 23.0 Å². The van der Waals surface area contributed by atoms with Gasteiger partial charge in [-0.05, 0) is 69.5 Å². The number of aromatic nitrogens is 1. The number of nitrogens with one attached hydrogen (secondary N) is 2. The van der Waals surface area contributed by atoms with Crippen LogP contribution in [0.3, 0.4) is 0 Å². The fourth-order valence-electron chi connectivity index (χ4n) is 5.12. The van der Waals surface area contributed by atoms with Crippen LogP contribution in [0.1, 0.15) is 43.7 Å². The van der Waals surface area contributed by atoms with Gasteiger partial charge in [-0.3, -0.25) is 14.4 Å². The van der Waals surface area contributed by atoms with Gasteiger partial charge in [0.2, 0.25) is 17.7 Å². The number of hydrogen-bond acceptors (Lipinski definition) is 9. The van der Waals surface area contributed by atoms with E-state index in [9.17, 15) is 19.5 Å². The molecule has 2 aliphatic heterocycles. The zero-order chi connectivity index (χ0) is 30.9. The average Bonchev–Trinajstić information content (AvgIpc) is 3.59. The number of phenols is 1. The molecule has 3 heterocycles. The smallest absolute Gasteiger partial charge is 0.251 e. The molecule has 3 N–H and O–H groups in total. The lowest BCUT2D eigenvalue weighted by molar-refractivity contribution is -0.140. The highest BCUT2D eigenvalue weighted by Crippen LogP contribution is 2.39. The lowest BCUT2D eigenvalue weighted by Gasteiger charge is -2.25. The zero-order valence-electron chi connectivity index (χ0n) is 24.9. The van der Waals surface area contributed by atoms with Gasteiger partial charge in [-0.2, -0.15) is 0 Å². The standard InChI is InChI=1S/C31H36N4O8/c1-17-21-15-32-28(38)22-14-20(33-30(39)31(2,3)41-5)16-35(22)27(37)11-7-18-6-9-23(36)25(12-18)43-26-13-19(29(34-21)42-17)8-10-24(26)40-4/h6,8-10,12-13,20,22,36H,7,11,14-16H2,1-5H3,(H,32,38)(H,33,39)/t20-,22-/m0/s1. The van der Waals surface area contributed by atoms with Gasteiger partial charge in [-0.1, -0.05) is 6.07 Å². The Kier molecular flexibility index (Phi) is 8.32. The molecule has 0 saturated carbocycles. The maximum Gasteiger partial charge on any atom is 0.251 e. The first-order valence-electron chi connectivity index (χ1n) is 14.1. The molecule has 0 radical (unpaired) electrons. The highest BCUT2D eigenvalue weighted by molar-refractivity contribution is 5.89. The molecule has 1 aromatic heterocycles. The number of rotatable bonds is 4. The second-order valence-corrected chi connectivity index (χ2v) is 11.2. The van der Waals surface area contributed by atoms with Gasteiger partial charge in [0, 0.05) is 31.7 Å². The Labute approximate surface area is 249 Å². The van der Waals surface area contributed by atoms with Crippen molar-refractivity contribution in [2.75, 3.05) is 20.8 Å². The van der Waals surface area contributed by atoms with E-state index in [0.29, 0.717) is 40.8 Å². The topological polar surface area (TPSA) is 152 Å². The maximum absolute atomic E-state index is 13.5. The number of benzene rings is 2. The molecule has 228 valence electrons. The van der Waals surface area contributed by atoms with Crippen LogP contribution >= 0.6 is 0 Å². The van der Waals surface area contributed by atoms with Crippen molar-refractivity contribution in [1.82, 2.24) is 20.5 Å². The molecular formula is C31H36N4O8. The van der Waals surface area contributed by atoms with E-state index in [1.807, 2.05) is 0 Å². The molecule has 1 fully saturated rings. The molecular weight excluding hydrogens is 556 g/mol. The Bertz CT molecular complexity index is 1550. The summed E-state index contributed by atoms with van der Waals surface area (Å²) in [6, 6.07) is 8.82. The third kappa shape index (κ3) is 6.29. The molecule has 1 saturated heterocycles. The van der Waals surface area contributed by atoms with E-state index in [2.05, 4.69) is 15.6 Å². The molecule has 5 rings (SSSR count). The summed E-state index contributed by atoms with van der Waals surface area (Å²) in [7, 11) is 2.96. The quantitative estimate of drug-likeness (QED) is 0.415. The maximum atomic E-state index is 13.5. The van der Waals surface area contributed by atoms with Gasteiger partial charge < -0.3 is 39.3 Å². The number of carbonyl (C=O) groups excluding carboxylic acids is 3. The SMILES string of the molecule is COc1ccc2cc1Oc1cc(ccc1O)CCC(=O)N1C[C@@H](NC(=O)C(C)(C)OC)C[C@H]1C(=O)NCc1nc-2oc1C. The highest BCUT2D eigenvalue weighted by atomic mass is 16.5. The van der Waals surface area contributed by atoms with E-state index in [0.717, 1.165) is 5.56 Å². The number of fused-ring (bicyclic) bond motifs is 8. The van der Waals surface area contributed by atoms with Crippen molar-refractivity contribution >= 4 is 17.7 Å². The lowest BCUT2D eigenvalue weighted by Crippen LogP contribution is -2.48. The summed E-state index contributed by atoms with van der Waals surface area (Å²) in [6.07, 6.45) is 0.683. The second kappa shape index (κ2) is 12.0. The third-order valence-corrected chi connectivity index (χ3v) is 7.92. The van der Waals surface area contributed by atoms with Gasteiger partial charge >= 0.3 is 0 Å². The lowest BCUT2D eigenvalue weighted by atomic mass is 10.1. The fraction of sp³-hybridized carbons (Fsp3) is 0.419. The number of methoxy groups -OCH3 is 2. The Morgan fingerprint density at radius 3 is 2.67 bits per heavy atom. The molecule has 0 unspecified atom stereocenters. The summed E-state index contributed by atoms with van der Waals surface area (Å²) in [5, 5.41) is 16.4. The van der Waals surface area contributed by atoms with E-state index < -0.39 is 17.7 Å². The number of amides is 3. The molecule has 0 spiro atoms. The van der Waals surface area contributed by atoms with Gasteiger partial charge in [-0.25, -0.2) is 4.98 Å². The summed E-state index contributed by atoms with van der Waals surface area (Å²) in [4.78, 5) is 45.9. The normalized spacial score (nSPS) is 19.0. The monoisotopic (exact) mass is 592 g/mol. The number of aryl methyl sites for hydroxylation is 2. The van der Waals surface area contributed by atoms with Crippen LogP contribution in [0.25, 0.3) is 11.5 Å². The minimum Gasteiger partial charge on any atom is -0.504 e. The minimum absolute atomic E-state index is 0.0817. The van der Waals surface area contributed by atoms with E-state index >= 15 is 0 Å². The zero-order valence-corrected chi connectivity index (χ0v) is 24.9. The molecule has 12 nitrogen and oxygen atoms in total. The predicted molar refractivity (Wildman–Crippen MR) is 155 cm³/mol. The van der Waals surface area contributed by atoms with Crippen LogP contribution in [0.5, 0.6) is 23.0 Å². The van der Waals surface area contributed by atoms with Crippen molar-refractivity contribution in [3.05, 3.63) is 53.4 Å². The molecule has 2 aromatic carbocycles. The summed E-state index contributed by atoms with van der Waals surface area (Å²) in [5.41, 5.74) is 0.814. The largest absolute Gasteiger partial charge is 0.504 e. The van der Waals surface area contributed by atoms with Crippen molar-refractivity contribution in [2.24, 2.45) is 0 Å². The summed E-state index contributed by atoms with van der Waals surface area (Å²) < 4.78 is 22.8. The number of ether oxygens (including phenoxy) is 3. The Morgan fingerprint density at radius 1 is 1.14 bits per heavy atom. The molecule has 43 heavy (non-hydrogen) atoms. The molecule has 2 atom stereocenters. The predicted octanol–water partition coefficient (Wildman–Crippen LogP) is 3.23. The number of nitrogens with zero attached hydrogens (tertiary/aromatic N) is 2. The summed E-state index contributed by atoms with van der Waals surface area (Å²) in [6.45, 7) is 5.31. The molecule has 12 heteroatoms. The third-order valence-electron chi connectivity index (χ3n) is 7.92. The Hall–Kier alpha value is -4.58. The van der Waals surface area contributed by atoms with Gasteiger partial charge in [-0.15, -0.1) is 0 Å². The van der Waals surface area contributed by atoms with Crippen LogP contribution in [-0.2, 0) is 32.1 Å². The first-order valence-corrected chi connectivity index (χ1v) is 14.1. The number of hydrogen-bond donors (Lipinski definition) is 3. The van der Waals surface area contributed by atoms with Crippen LogP contribution in [0, 0.1) is 6.92 Å². The van der Waals surface area contributed by atoms with E-state index in [-0.39, 0.29) is 55.2 Å². The molecule has 3 amide bonds. The van der Waals surface area contributed by atoms with Crippen LogP contribution in [-0.4, -0.2) is 71.2 Å². The summed E-state index contributed by atoms with van der Waals surface area (Å²) >= 11 is 0. The van der Waals surface area contributed by atoms with Crippen molar-refractivity contribution in [3.63, 3.8) is 0 Å². The minimum atomic E-state index is -1.07. The van der Waals surface area contributed by atoms with E-state index in [1.165, 1.54) is 25.2 Å². The highest BCUT2D eigenvalue weighted by Gasteiger charge is 2.41. The average molecular weight is 593 g/mol. The van der Waals surface area contributed by atoms with Crippen LogP contribution in [0.2, 0.25) is 0 Å². The van der Waals surface area contributed by atoms with Crippen molar-refractivity contribution < 1.29 is 38.1 Å². The van der Waals surface area contributed by atoms with Crippen LogP contribution < -0.4 is 20.1 Å². The van der Waals surface area contributed by atoms with Crippen molar-refractivity contribution in [1.29, 1.82) is 0 Å². The van der Waals surface area contributed by atoms with Crippen molar-refractivity contribution in [3.8, 4) is 34.5 Å². The van der Waals surface area contributed by atoms with Gasteiger partial charge in [0.05, 0.1) is 13.7 Å². The molecule has 2 aliphatic rings. The number of phenolic OH excluding ortho intramolecular Hbond substituents is 1. The van der Waals surface area contributed by atoms with E-state index in [4.69, 9.17) is 18.6 Å². The second-order valence-electron chi connectivity index (χ2n) is 11.2. The first kappa shape index (κ1) is 29.9. The van der Waals surface area contributed by atoms with Crippen LogP contribution in [0.4, 0.5) is 0 Å². The number of carbonyl (C=O) groups is 3. The Morgan fingerprint density at radius 2 is 1.93 bits per heavy atom. The molecule has 6 bridgehead atoms. The summed E-state index contributed by atoms with van der Waals surface area (Å²) in [5.74, 6) is 0.777. The van der Waals surface area contributed by atoms with Crippen LogP contribution in [0.15, 0.2) is 40.8 Å². The molecule has 3 aromatic rings. The van der Waals surface area contributed by atoms with Gasteiger partial charge in [0.1, 0.15) is 23.1 Å². The fourth-order valence-corrected chi connectivity index (χ4v) is 5.12. The first-order chi connectivity index (χ1) is 20.5. The van der Waals surface area contributed by atoms with E-state index in [1.54, 1.807) is 51.1 Å².